The Labute approximate surface area is 169 Å². The number of anilines is 1. The van der Waals surface area contributed by atoms with E-state index in [2.05, 4.69) is 10.3 Å². The summed E-state index contributed by atoms with van der Waals surface area (Å²) >= 11 is 0. The first-order valence-electron chi connectivity index (χ1n) is 9.80. The number of hydrogen-bond donors (Lipinski definition) is 1. The largest absolute Gasteiger partial charge is 0.490 e. The van der Waals surface area contributed by atoms with E-state index in [1.54, 1.807) is 60.4 Å². The number of rotatable bonds is 6. The number of imidazole rings is 1. The van der Waals surface area contributed by atoms with Crippen molar-refractivity contribution in [2.24, 2.45) is 7.05 Å². The zero-order valence-electron chi connectivity index (χ0n) is 16.3. The van der Waals surface area contributed by atoms with E-state index in [0.717, 1.165) is 18.6 Å². The van der Waals surface area contributed by atoms with Crippen molar-refractivity contribution < 1.29 is 14.3 Å². The van der Waals surface area contributed by atoms with Gasteiger partial charge in [0.2, 0.25) is 5.78 Å². The summed E-state index contributed by atoms with van der Waals surface area (Å²) in [7, 11) is 1.78. The third-order valence-electron chi connectivity index (χ3n) is 5.15. The summed E-state index contributed by atoms with van der Waals surface area (Å²) in [6, 6.07) is 14.0. The number of nitrogens with zero attached hydrogens (tertiary/aromatic N) is 2. The van der Waals surface area contributed by atoms with Crippen molar-refractivity contribution in [1.82, 2.24) is 9.55 Å². The smallest absolute Gasteiger partial charge is 0.255 e. The highest BCUT2D eigenvalue weighted by molar-refractivity contribution is 6.07. The van der Waals surface area contributed by atoms with Crippen LogP contribution in [-0.4, -0.2) is 27.3 Å². The monoisotopic (exact) mass is 389 g/mol. The minimum absolute atomic E-state index is 0.159. The van der Waals surface area contributed by atoms with Gasteiger partial charge in [-0.25, -0.2) is 4.98 Å². The van der Waals surface area contributed by atoms with Crippen molar-refractivity contribution in [1.29, 1.82) is 0 Å². The number of benzene rings is 2. The van der Waals surface area contributed by atoms with Crippen molar-refractivity contribution in [2.45, 2.75) is 31.8 Å². The van der Waals surface area contributed by atoms with Crippen LogP contribution in [-0.2, 0) is 7.05 Å². The molecule has 0 spiro atoms. The fourth-order valence-corrected chi connectivity index (χ4v) is 3.51. The van der Waals surface area contributed by atoms with E-state index in [-0.39, 0.29) is 11.7 Å². The summed E-state index contributed by atoms with van der Waals surface area (Å²) in [5.41, 5.74) is 1.69. The van der Waals surface area contributed by atoms with Gasteiger partial charge in [-0.2, -0.15) is 0 Å². The molecule has 29 heavy (non-hydrogen) atoms. The molecule has 0 saturated heterocycles. The van der Waals surface area contributed by atoms with Gasteiger partial charge in [-0.05, 0) is 74.2 Å². The van der Waals surface area contributed by atoms with Gasteiger partial charge in [0.15, 0.2) is 5.82 Å². The molecule has 1 amide bonds. The van der Waals surface area contributed by atoms with Gasteiger partial charge in [-0.15, -0.1) is 0 Å². The molecule has 1 fully saturated rings. The minimum Gasteiger partial charge on any atom is -0.490 e. The number of hydrogen-bond acceptors (Lipinski definition) is 4. The molecule has 148 valence electrons. The van der Waals surface area contributed by atoms with Crippen molar-refractivity contribution >= 4 is 17.4 Å². The molecule has 4 rings (SSSR count). The van der Waals surface area contributed by atoms with Gasteiger partial charge in [0, 0.05) is 36.3 Å². The highest BCUT2D eigenvalue weighted by atomic mass is 16.5. The number of aromatic nitrogens is 2. The van der Waals surface area contributed by atoms with Crippen LogP contribution in [0.5, 0.6) is 5.75 Å². The van der Waals surface area contributed by atoms with Gasteiger partial charge in [0.25, 0.3) is 5.91 Å². The van der Waals surface area contributed by atoms with Gasteiger partial charge in [-0.1, -0.05) is 0 Å². The highest BCUT2D eigenvalue weighted by Crippen LogP contribution is 2.24. The summed E-state index contributed by atoms with van der Waals surface area (Å²) in [5.74, 6) is 0.807. The first-order chi connectivity index (χ1) is 14.1. The first kappa shape index (κ1) is 18.9. The quantitative estimate of drug-likeness (QED) is 0.641. The van der Waals surface area contributed by atoms with Crippen molar-refractivity contribution in [2.75, 3.05) is 5.32 Å². The Morgan fingerprint density at radius 3 is 2.28 bits per heavy atom. The Kier molecular flexibility index (Phi) is 5.42. The van der Waals surface area contributed by atoms with Gasteiger partial charge in [0.1, 0.15) is 5.75 Å². The number of carbonyl (C=O) groups is 2. The SMILES string of the molecule is Cn1ccnc1C(=O)c1ccc(NC(=O)c2ccc(OC3CCCC3)cc2)cc1. The lowest BCUT2D eigenvalue weighted by atomic mass is 10.1. The molecule has 1 aliphatic rings. The fraction of sp³-hybridized carbons (Fsp3) is 0.261. The fourth-order valence-electron chi connectivity index (χ4n) is 3.51. The molecule has 1 heterocycles. The topological polar surface area (TPSA) is 73.2 Å². The molecular formula is C23H23N3O3. The Bertz CT molecular complexity index is 1000. The normalized spacial score (nSPS) is 14.0. The second-order valence-electron chi connectivity index (χ2n) is 7.27. The molecule has 0 bridgehead atoms. The molecule has 3 aromatic rings. The van der Waals surface area contributed by atoms with Crippen molar-refractivity contribution in [3.8, 4) is 5.75 Å². The lowest BCUT2D eigenvalue weighted by Gasteiger charge is -2.13. The average molecular weight is 389 g/mol. The van der Waals surface area contributed by atoms with Crippen LogP contribution in [0.3, 0.4) is 0 Å². The van der Waals surface area contributed by atoms with E-state index in [0.29, 0.717) is 28.7 Å². The number of carbonyl (C=O) groups excluding carboxylic acids is 2. The van der Waals surface area contributed by atoms with E-state index < -0.39 is 0 Å². The standard InChI is InChI=1S/C23H23N3O3/c1-26-15-14-24-22(26)21(27)16-6-10-18(11-7-16)25-23(28)17-8-12-20(13-9-17)29-19-4-2-3-5-19/h6-15,19H,2-5H2,1H3,(H,25,28). The molecule has 0 atom stereocenters. The number of ketones is 1. The molecule has 1 aliphatic carbocycles. The van der Waals surface area contributed by atoms with E-state index in [1.807, 2.05) is 12.1 Å². The predicted octanol–water partition coefficient (Wildman–Crippen LogP) is 4.22. The van der Waals surface area contributed by atoms with Gasteiger partial charge in [0.05, 0.1) is 6.10 Å². The molecule has 1 saturated carbocycles. The van der Waals surface area contributed by atoms with E-state index in [4.69, 9.17) is 4.74 Å². The second kappa shape index (κ2) is 8.31. The molecule has 1 N–H and O–H groups in total. The maximum Gasteiger partial charge on any atom is 0.255 e. The molecule has 0 radical (unpaired) electrons. The van der Waals surface area contributed by atoms with Crippen LogP contribution in [0.15, 0.2) is 60.9 Å². The Balaban J connectivity index is 1.38. The molecule has 2 aromatic carbocycles. The average Bonchev–Trinajstić information content (AvgIpc) is 3.40. The number of aryl methyl sites for hydroxylation is 1. The van der Waals surface area contributed by atoms with Crippen LogP contribution in [0.2, 0.25) is 0 Å². The van der Waals surface area contributed by atoms with Gasteiger partial charge < -0.3 is 14.6 Å². The minimum atomic E-state index is -0.208. The molecule has 6 nitrogen and oxygen atoms in total. The molecule has 0 unspecified atom stereocenters. The molecule has 1 aromatic heterocycles. The van der Waals surface area contributed by atoms with Crippen molar-refractivity contribution in [3.63, 3.8) is 0 Å². The number of nitrogens with one attached hydrogen (secondary N) is 1. The summed E-state index contributed by atoms with van der Waals surface area (Å²) in [5, 5.41) is 2.85. The maximum absolute atomic E-state index is 12.5. The zero-order chi connectivity index (χ0) is 20.2. The third-order valence-corrected chi connectivity index (χ3v) is 5.15. The van der Waals surface area contributed by atoms with E-state index >= 15 is 0 Å². The lowest BCUT2D eigenvalue weighted by molar-refractivity contribution is 0.102. The summed E-state index contributed by atoms with van der Waals surface area (Å²) < 4.78 is 7.61. The Morgan fingerprint density at radius 2 is 1.66 bits per heavy atom. The van der Waals surface area contributed by atoms with Crippen LogP contribution in [0, 0.1) is 0 Å². The lowest BCUT2D eigenvalue weighted by Crippen LogP contribution is -2.13. The first-order valence-corrected chi connectivity index (χ1v) is 9.80. The third kappa shape index (κ3) is 4.37. The van der Waals surface area contributed by atoms with E-state index in [1.165, 1.54) is 12.8 Å². The Morgan fingerprint density at radius 1 is 1.00 bits per heavy atom. The van der Waals surface area contributed by atoms with Crippen LogP contribution >= 0.6 is 0 Å². The highest BCUT2D eigenvalue weighted by Gasteiger charge is 2.17. The van der Waals surface area contributed by atoms with E-state index in [9.17, 15) is 9.59 Å². The van der Waals surface area contributed by atoms with Crippen LogP contribution in [0.4, 0.5) is 5.69 Å². The molecule has 6 heteroatoms. The van der Waals surface area contributed by atoms with Gasteiger partial charge >= 0.3 is 0 Å². The Hall–Kier alpha value is -3.41. The van der Waals surface area contributed by atoms with Crippen LogP contribution < -0.4 is 10.1 Å². The zero-order valence-corrected chi connectivity index (χ0v) is 16.3. The predicted molar refractivity (Wildman–Crippen MR) is 110 cm³/mol. The maximum atomic E-state index is 12.5. The summed E-state index contributed by atoms with van der Waals surface area (Å²) in [4.78, 5) is 29.0. The summed E-state index contributed by atoms with van der Waals surface area (Å²) in [6.45, 7) is 0. The van der Waals surface area contributed by atoms with Crippen molar-refractivity contribution in [3.05, 3.63) is 77.9 Å². The van der Waals surface area contributed by atoms with Crippen LogP contribution in [0.1, 0.15) is 52.2 Å². The molecule has 0 aliphatic heterocycles. The second-order valence-corrected chi connectivity index (χ2v) is 7.27. The van der Waals surface area contributed by atoms with Crippen LogP contribution in [0.25, 0.3) is 0 Å². The van der Waals surface area contributed by atoms with Gasteiger partial charge in [-0.3, -0.25) is 9.59 Å². The summed E-state index contributed by atoms with van der Waals surface area (Å²) in [6.07, 6.45) is 8.25. The number of ether oxygens (including phenoxy) is 1. The number of amides is 1. The molecular weight excluding hydrogens is 366 g/mol.